The molecule has 6 nitrogen and oxygen atoms in total. The van der Waals surface area contributed by atoms with Gasteiger partial charge in [0.2, 0.25) is 0 Å². The van der Waals surface area contributed by atoms with E-state index >= 15 is 0 Å². The zero-order valence-corrected chi connectivity index (χ0v) is 13.6. The highest BCUT2D eigenvalue weighted by molar-refractivity contribution is 5.08. The van der Waals surface area contributed by atoms with Crippen molar-refractivity contribution in [1.29, 1.82) is 0 Å². The molecular formula is C15H33N3O3. The fourth-order valence-corrected chi connectivity index (χ4v) is 1.63. The summed E-state index contributed by atoms with van der Waals surface area (Å²) in [5.41, 5.74) is 9.28. The predicted molar refractivity (Wildman–Crippen MR) is 88.9 cm³/mol. The molecule has 3 N–H and O–H groups in total. The Labute approximate surface area is 131 Å². The number of hydrogen-bond acceptors (Lipinski definition) is 6. The van der Waals surface area contributed by atoms with E-state index in [-0.39, 0.29) is 8.96 Å². The molecular weight excluding hydrogens is 270 g/mol. The van der Waals surface area contributed by atoms with Crippen molar-refractivity contribution in [3.8, 4) is 0 Å². The maximum absolute atomic E-state index is 5.46. The summed E-state index contributed by atoms with van der Waals surface area (Å²) in [6.07, 6.45) is 3.32. The summed E-state index contributed by atoms with van der Waals surface area (Å²) in [5, 5.41) is 0. The van der Waals surface area contributed by atoms with Gasteiger partial charge in [-0.2, -0.15) is 0 Å². The molecule has 0 spiro atoms. The van der Waals surface area contributed by atoms with Crippen molar-refractivity contribution in [3.63, 3.8) is 0 Å². The number of rotatable bonds is 11. The first-order chi connectivity index (χ1) is 10.1. The molecule has 2 atom stereocenters. The first-order valence-corrected chi connectivity index (χ1v) is 7.17. The Balaban J connectivity index is -0.000000960. The molecule has 1 saturated carbocycles. The molecule has 0 aromatic heterocycles. The van der Waals surface area contributed by atoms with Crippen LogP contribution in [0.2, 0.25) is 0 Å². The van der Waals surface area contributed by atoms with Crippen LogP contribution >= 0.6 is 0 Å². The Hall–Kier alpha value is -1.34. The molecule has 21 heavy (non-hydrogen) atoms. The molecule has 1 fully saturated rings. The molecule has 0 radical (unpaired) electrons. The minimum Gasteiger partial charge on any atom is -0.292 e. The summed E-state index contributed by atoms with van der Waals surface area (Å²) in [6, 6.07) is 0. The van der Waals surface area contributed by atoms with Gasteiger partial charge in [0, 0.05) is 9.90 Å². The van der Waals surface area contributed by atoms with E-state index in [1.807, 2.05) is 13.8 Å². The third kappa shape index (κ3) is 7.29. The molecule has 126 valence electrons. The van der Waals surface area contributed by atoms with Crippen LogP contribution in [0.25, 0.3) is 0 Å². The molecule has 0 aromatic carbocycles. The maximum atomic E-state index is 5.46. The van der Waals surface area contributed by atoms with Gasteiger partial charge in [-0.05, 0) is 18.8 Å². The molecule has 0 bridgehead atoms. The van der Waals surface area contributed by atoms with Gasteiger partial charge in [0.05, 0.1) is 18.5 Å². The van der Waals surface area contributed by atoms with E-state index in [2.05, 4.69) is 36.2 Å². The molecule has 0 aliphatic heterocycles. The highest BCUT2D eigenvalue weighted by Gasteiger charge is 2.34. The van der Waals surface area contributed by atoms with E-state index in [0.717, 1.165) is 12.8 Å². The van der Waals surface area contributed by atoms with Gasteiger partial charge >= 0.3 is 0 Å². The van der Waals surface area contributed by atoms with E-state index in [1.54, 1.807) is 13.1 Å². The van der Waals surface area contributed by atoms with E-state index < -0.39 is 6.10 Å². The van der Waals surface area contributed by atoms with Gasteiger partial charge in [0.25, 0.3) is 0 Å². The SMILES string of the molecule is C=C[C@H](ONC(=C)[C@@H](ONC)C1CC1)C(=C)NOC.CC.[HH].[HH]. The van der Waals surface area contributed by atoms with Crippen molar-refractivity contribution < 1.29 is 17.4 Å². The molecule has 6 heteroatoms. The smallest absolute Gasteiger partial charge is 0.144 e. The van der Waals surface area contributed by atoms with E-state index in [0.29, 0.717) is 17.3 Å². The minimum absolute atomic E-state index is 0. The summed E-state index contributed by atoms with van der Waals surface area (Å²) in [5.74, 6) is 0.485. The topological polar surface area (TPSA) is 63.8 Å². The Kier molecular flexibility index (Phi) is 10.6. The molecule has 1 aliphatic carbocycles. The highest BCUT2D eigenvalue weighted by atomic mass is 16.7. The lowest BCUT2D eigenvalue weighted by molar-refractivity contribution is -0.0391. The van der Waals surface area contributed by atoms with Gasteiger partial charge in [-0.15, -0.1) is 6.58 Å². The standard InChI is InChI=1S/C13H23N3O3.C2H6.2H2/c1-6-12(9(2)15-17-5)18-16-10(3)13(19-14-4)11-7-8-11;1-2;;/h6,11-16H,1-3,7-8H2,4-5H3;1-2H3;2*1H/t12-,13+;;;/m0.../s1. The summed E-state index contributed by atoms with van der Waals surface area (Å²) >= 11 is 0. The summed E-state index contributed by atoms with van der Waals surface area (Å²) in [6.45, 7) is 15.4. The second-order valence-electron chi connectivity index (χ2n) is 4.31. The monoisotopic (exact) mass is 303 g/mol. The lowest BCUT2D eigenvalue weighted by Crippen LogP contribution is -2.35. The molecule has 1 aliphatic rings. The molecule has 0 unspecified atom stereocenters. The molecule has 0 saturated heterocycles. The average molecular weight is 303 g/mol. The molecule has 0 heterocycles. The Morgan fingerprint density at radius 3 is 2.24 bits per heavy atom. The quantitative estimate of drug-likeness (QED) is 0.403. The number of hydrogen-bond donors (Lipinski definition) is 3. The van der Waals surface area contributed by atoms with Gasteiger partial charge in [-0.1, -0.05) is 33.1 Å². The van der Waals surface area contributed by atoms with Crippen molar-refractivity contribution >= 4 is 0 Å². The van der Waals surface area contributed by atoms with Gasteiger partial charge in [0.1, 0.15) is 12.2 Å². The second kappa shape index (κ2) is 11.3. The lowest BCUT2D eigenvalue weighted by atomic mass is 10.2. The van der Waals surface area contributed by atoms with Gasteiger partial charge in [0.15, 0.2) is 0 Å². The highest BCUT2D eigenvalue weighted by Crippen LogP contribution is 2.36. The van der Waals surface area contributed by atoms with Gasteiger partial charge in [-0.3, -0.25) is 25.5 Å². The lowest BCUT2D eigenvalue weighted by Gasteiger charge is -2.23. The fourth-order valence-electron chi connectivity index (χ4n) is 1.63. The summed E-state index contributed by atoms with van der Waals surface area (Å²) in [4.78, 5) is 15.6. The normalized spacial score (nSPS) is 16.0. The van der Waals surface area contributed by atoms with Crippen LogP contribution in [0.1, 0.15) is 29.5 Å². The van der Waals surface area contributed by atoms with Crippen molar-refractivity contribution in [1.82, 2.24) is 16.4 Å². The number of nitrogens with one attached hydrogen (secondary N) is 3. The average Bonchev–Trinajstić information content (AvgIpc) is 3.32. The molecule has 0 amide bonds. The van der Waals surface area contributed by atoms with Crippen LogP contribution in [0, 0.1) is 5.92 Å². The maximum Gasteiger partial charge on any atom is 0.144 e. The minimum atomic E-state index is -0.439. The van der Waals surface area contributed by atoms with Crippen LogP contribution in [0.5, 0.6) is 0 Å². The van der Waals surface area contributed by atoms with Crippen LogP contribution in [0.3, 0.4) is 0 Å². The Bertz CT molecular complexity index is 340. The van der Waals surface area contributed by atoms with E-state index in [1.165, 1.54) is 7.11 Å². The Morgan fingerprint density at radius 2 is 1.81 bits per heavy atom. The van der Waals surface area contributed by atoms with Crippen molar-refractivity contribution in [2.75, 3.05) is 14.2 Å². The zero-order chi connectivity index (χ0) is 16.3. The van der Waals surface area contributed by atoms with Crippen molar-refractivity contribution in [2.24, 2.45) is 5.92 Å². The second-order valence-corrected chi connectivity index (χ2v) is 4.31. The van der Waals surface area contributed by atoms with Crippen LogP contribution in [0.15, 0.2) is 37.2 Å². The van der Waals surface area contributed by atoms with Crippen LogP contribution < -0.4 is 16.4 Å². The summed E-state index contributed by atoms with van der Waals surface area (Å²) < 4.78 is 0. The summed E-state index contributed by atoms with van der Waals surface area (Å²) in [7, 11) is 3.22. The van der Waals surface area contributed by atoms with Crippen LogP contribution in [0.4, 0.5) is 0 Å². The third-order valence-electron chi connectivity index (χ3n) is 2.75. The van der Waals surface area contributed by atoms with Gasteiger partial charge in [-0.25, -0.2) is 5.48 Å². The van der Waals surface area contributed by atoms with E-state index in [4.69, 9.17) is 14.5 Å². The largest absolute Gasteiger partial charge is 0.292 e. The fraction of sp³-hybridized carbons (Fsp3) is 0.600. The van der Waals surface area contributed by atoms with Crippen LogP contribution in [-0.4, -0.2) is 26.4 Å². The van der Waals surface area contributed by atoms with E-state index in [9.17, 15) is 0 Å². The molecule has 0 aromatic rings. The van der Waals surface area contributed by atoms with Crippen molar-refractivity contribution in [2.45, 2.75) is 38.9 Å². The van der Waals surface area contributed by atoms with Crippen LogP contribution in [-0.2, 0) is 14.5 Å². The number of hydroxylamine groups is 3. The molecule has 1 rings (SSSR count). The zero-order valence-electron chi connectivity index (χ0n) is 13.6. The first kappa shape index (κ1) is 19.7. The predicted octanol–water partition coefficient (Wildman–Crippen LogP) is 2.69. The van der Waals surface area contributed by atoms with Gasteiger partial charge < -0.3 is 0 Å². The Morgan fingerprint density at radius 1 is 1.19 bits per heavy atom. The third-order valence-corrected chi connectivity index (χ3v) is 2.75. The van der Waals surface area contributed by atoms with Crippen molar-refractivity contribution in [3.05, 3.63) is 37.2 Å². The first-order valence-electron chi connectivity index (χ1n) is 7.17.